The molecule has 0 aromatic carbocycles. The number of allylic oxidation sites excluding steroid dienone is 1. The van der Waals surface area contributed by atoms with Crippen LogP contribution in [0.15, 0.2) is 12.2 Å². The quantitative estimate of drug-likeness (QED) is 0.476. The van der Waals surface area contributed by atoms with E-state index in [2.05, 4.69) is 0 Å². The summed E-state index contributed by atoms with van der Waals surface area (Å²) >= 11 is 0. The van der Waals surface area contributed by atoms with Gasteiger partial charge in [0.1, 0.15) is 12.7 Å². The summed E-state index contributed by atoms with van der Waals surface area (Å²) < 4.78 is 10.2. The lowest BCUT2D eigenvalue weighted by Gasteiger charge is -2.16. The normalized spacial score (nSPS) is 12.7. The Labute approximate surface area is 116 Å². The van der Waals surface area contributed by atoms with Gasteiger partial charge in [0.05, 0.1) is 0 Å². The predicted octanol–water partition coefficient (Wildman–Crippen LogP) is 3.25. The van der Waals surface area contributed by atoms with Crippen LogP contribution in [-0.4, -0.2) is 24.6 Å². The topological polar surface area (TPSA) is 52.6 Å². The van der Waals surface area contributed by atoms with E-state index in [1.165, 1.54) is 0 Å². The Balaban J connectivity index is 3.64. The zero-order chi connectivity index (χ0) is 14.7. The Morgan fingerprint density at radius 1 is 1.05 bits per heavy atom. The molecule has 0 spiro atoms. The second-order valence-electron chi connectivity index (χ2n) is 4.86. The van der Waals surface area contributed by atoms with Crippen LogP contribution in [0, 0.1) is 5.92 Å². The van der Waals surface area contributed by atoms with Gasteiger partial charge in [0.2, 0.25) is 0 Å². The van der Waals surface area contributed by atoms with E-state index in [0.717, 1.165) is 6.42 Å². The smallest absolute Gasteiger partial charge is 0.306 e. The average Bonchev–Trinajstić information content (AvgIpc) is 2.34. The minimum Gasteiger partial charge on any atom is -0.462 e. The molecule has 0 aromatic heterocycles. The van der Waals surface area contributed by atoms with Crippen LogP contribution in [0.25, 0.3) is 0 Å². The van der Waals surface area contributed by atoms with E-state index in [1.807, 2.05) is 39.8 Å². The van der Waals surface area contributed by atoms with Crippen LogP contribution in [0.3, 0.4) is 0 Å². The van der Waals surface area contributed by atoms with Crippen LogP contribution in [0.1, 0.15) is 53.4 Å². The number of hydrogen-bond donors (Lipinski definition) is 0. The Morgan fingerprint density at radius 3 is 2.26 bits per heavy atom. The van der Waals surface area contributed by atoms with Crippen LogP contribution < -0.4 is 0 Å². The monoisotopic (exact) mass is 270 g/mol. The molecule has 1 atom stereocenters. The highest BCUT2D eigenvalue weighted by atomic mass is 16.5. The SMILES string of the molecule is CC/C=C/COC(=O)CCCC(=O)OC(C)C(C)C. The van der Waals surface area contributed by atoms with E-state index in [4.69, 9.17) is 9.47 Å². The van der Waals surface area contributed by atoms with Crippen LogP contribution in [0.4, 0.5) is 0 Å². The van der Waals surface area contributed by atoms with Crippen molar-refractivity contribution in [1.82, 2.24) is 0 Å². The Morgan fingerprint density at radius 2 is 1.68 bits per heavy atom. The molecule has 0 heterocycles. The van der Waals surface area contributed by atoms with Gasteiger partial charge in [0.25, 0.3) is 0 Å². The van der Waals surface area contributed by atoms with Gasteiger partial charge in [-0.15, -0.1) is 0 Å². The number of carbonyl (C=O) groups is 2. The van der Waals surface area contributed by atoms with Gasteiger partial charge < -0.3 is 9.47 Å². The molecule has 4 nitrogen and oxygen atoms in total. The lowest BCUT2D eigenvalue weighted by atomic mass is 10.1. The van der Waals surface area contributed by atoms with Crippen molar-refractivity contribution in [2.45, 2.75) is 59.5 Å². The Kier molecular flexibility index (Phi) is 9.85. The first-order chi connectivity index (χ1) is 8.97. The maximum Gasteiger partial charge on any atom is 0.306 e. The second kappa shape index (κ2) is 10.6. The molecule has 0 aliphatic rings. The van der Waals surface area contributed by atoms with E-state index in [0.29, 0.717) is 18.9 Å². The molecule has 0 aliphatic carbocycles. The van der Waals surface area contributed by atoms with Crippen molar-refractivity contribution in [1.29, 1.82) is 0 Å². The predicted molar refractivity (Wildman–Crippen MR) is 74.6 cm³/mol. The highest BCUT2D eigenvalue weighted by Crippen LogP contribution is 2.08. The fourth-order valence-electron chi connectivity index (χ4n) is 1.23. The summed E-state index contributed by atoms with van der Waals surface area (Å²) in [6.45, 7) is 8.19. The third-order valence-electron chi connectivity index (χ3n) is 2.76. The standard InChI is InChI=1S/C15H26O4/c1-5-6-7-11-18-14(16)9-8-10-15(17)19-13(4)12(2)3/h6-7,12-13H,5,8-11H2,1-4H3/b7-6+. The van der Waals surface area contributed by atoms with Gasteiger partial charge in [-0.05, 0) is 25.7 Å². The largest absolute Gasteiger partial charge is 0.462 e. The van der Waals surface area contributed by atoms with E-state index in [1.54, 1.807) is 0 Å². The van der Waals surface area contributed by atoms with E-state index in [-0.39, 0.29) is 30.9 Å². The molecule has 0 aliphatic heterocycles. The van der Waals surface area contributed by atoms with E-state index >= 15 is 0 Å². The highest BCUT2D eigenvalue weighted by Gasteiger charge is 2.13. The molecule has 0 aromatic rings. The van der Waals surface area contributed by atoms with Crippen molar-refractivity contribution in [3.63, 3.8) is 0 Å². The molecule has 0 saturated carbocycles. The fourth-order valence-corrected chi connectivity index (χ4v) is 1.23. The van der Waals surface area contributed by atoms with E-state index in [9.17, 15) is 9.59 Å². The summed E-state index contributed by atoms with van der Waals surface area (Å²) in [4.78, 5) is 22.8. The number of carbonyl (C=O) groups excluding carboxylic acids is 2. The first kappa shape index (κ1) is 17.7. The number of rotatable bonds is 9. The zero-order valence-corrected chi connectivity index (χ0v) is 12.5. The minimum atomic E-state index is -0.273. The van der Waals surface area contributed by atoms with Crippen molar-refractivity contribution in [3.8, 4) is 0 Å². The van der Waals surface area contributed by atoms with Crippen LogP contribution in [0.2, 0.25) is 0 Å². The van der Waals surface area contributed by atoms with Gasteiger partial charge in [-0.2, -0.15) is 0 Å². The Hall–Kier alpha value is -1.32. The molecule has 0 fully saturated rings. The first-order valence-electron chi connectivity index (χ1n) is 6.97. The summed E-state index contributed by atoms with van der Waals surface area (Å²) in [6, 6.07) is 0. The summed E-state index contributed by atoms with van der Waals surface area (Å²) in [6.07, 6.45) is 5.59. The molecule has 0 rings (SSSR count). The maximum atomic E-state index is 11.5. The molecule has 0 saturated heterocycles. The van der Waals surface area contributed by atoms with Crippen LogP contribution in [0.5, 0.6) is 0 Å². The third-order valence-corrected chi connectivity index (χ3v) is 2.76. The van der Waals surface area contributed by atoms with Gasteiger partial charge in [-0.1, -0.05) is 32.9 Å². The number of ether oxygens (including phenoxy) is 2. The maximum absolute atomic E-state index is 11.5. The van der Waals surface area contributed by atoms with Crippen LogP contribution in [-0.2, 0) is 19.1 Å². The van der Waals surface area contributed by atoms with Crippen LogP contribution >= 0.6 is 0 Å². The van der Waals surface area contributed by atoms with Gasteiger partial charge >= 0.3 is 11.9 Å². The summed E-state index contributed by atoms with van der Waals surface area (Å²) in [5.41, 5.74) is 0. The fraction of sp³-hybridized carbons (Fsp3) is 0.733. The molecule has 0 N–H and O–H groups in total. The van der Waals surface area contributed by atoms with Crippen molar-refractivity contribution in [2.75, 3.05) is 6.61 Å². The molecular weight excluding hydrogens is 244 g/mol. The first-order valence-corrected chi connectivity index (χ1v) is 6.97. The molecule has 0 amide bonds. The van der Waals surface area contributed by atoms with Gasteiger partial charge in [-0.25, -0.2) is 0 Å². The molecule has 1 unspecified atom stereocenters. The van der Waals surface area contributed by atoms with Crippen molar-refractivity contribution >= 4 is 11.9 Å². The van der Waals surface area contributed by atoms with Crippen molar-refractivity contribution in [3.05, 3.63) is 12.2 Å². The lowest BCUT2D eigenvalue weighted by Crippen LogP contribution is -2.20. The second-order valence-corrected chi connectivity index (χ2v) is 4.86. The summed E-state index contributed by atoms with van der Waals surface area (Å²) in [7, 11) is 0. The van der Waals surface area contributed by atoms with Crippen molar-refractivity contribution in [2.24, 2.45) is 5.92 Å². The van der Waals surface area contributed by atoms with Gasteiger partial charge in [-0.3, -0.25) is 9.59 Å². The average molecular weight is 270 g/mol. The molecule has 19 heavy (non-hydrogen) atoms. The zero-order valence-electron chi connectivity index (χ0n) is 12.5. The van der Waals surface area contributed by atoms with Gasteiger partial charge in [0, 0.05) is 12.8 Å². The molecule has 0 radical (unpaired) electrons. The summed E-state index contributed by atoms with van der Waals surface area (Å²) in [5, 5.41) is 0. The minimum absolute atomic E-state index is 0.0846. The summed E-state index contributed by atoms with van der Waals surface area (Å²) in [5.74, 6) is -0.218. The third kappa shape index (κ3) is 10.3. The lowest BCUT2D eigenvalue weighted by molar-refractivity contribution is -0.150. The van der Waals surface area contributed by atoms with Crippen molar-refractivity contribution < 1.29 is 19.1 Å². The molecule has 110 valence electrons. The molecule has 0 bridgehead atoms. The number of hydrogen-bond acceptors (Lipinski definition) is 4. The van der Waals surface area contributed by atoms with E-state index < -0.39 is 0 Å². The Bertz CT molecular complexity index is 295. The molecular formula is C15H26O4. The number of esters is 2. The molecule has 4 heteroatoms. The highest BCUT2D eigenvalue weighted by molar-refractivity contribution is 5.72. The van der Waals surface area contributed by atoms with Gasteiger partial charge in [0.15, 0.2) is 0 Å².